The summed E-state index contributed by atoms with van der Waals surface area (Å²) in [6.45, 7) is 0.228. The summed E-state index contributed by atoms with van der Waals surface area (Å²) in [5.41, 5.74) is 6.73. The van der Waals surface area contributed by atoms with E-state index < -0.39 is 11.7 Å². The molecule has 0 radical (unpaired) electrons. The third-order valence-corrected chi connectivity index (χ3v) is 2.99. The van der Waals surface area contributed by atoms with E-state index in [1.54, 1.807) is 24.3 Å². The predicted octanol–water partition coefficient (Wildman–Crippen LogP) is 3.04. The Morgan fingerprint density at radius 1 is 1.29 bits per heavy atom. The normalized spacial score (nSPS) is 9.67. The van der Waals surface area contributed by atoms with Crippen molar-refractivity contribution in [1.29, 1.82) is 0 Å². The number of rotatable bonds is 2. The molecular formula is C16H12ClFN2O. The third-order valence-electron chi connectivity index (χ3n) is 2.68. The van der Waals surface area contributed by atoms with Gasteiger partial charge in [0.2, 0.25) is 0 Å². The van der Waals surface area contributed by atoms with E-state index in [4.69, 9.17) is 17.3 Å². The van der Waals surface area contributed by atoms with Crippen LogP contribution in [-0.4, -0.2) is 12.5 Å². The van der Waals surface area contributed by atoms with E-state index in [1.165, 1.54) is 12.1 Å². The second-order valence-electron chi connectivity index (χ2n) is 4.13. The molecule has 0 saturated heterocycles. The minimum atomic E-state index is -0.495. The Morgan fingerprint density at radius 3 is 2.76 bits per heavy atom. The first-order chi connectivity index (χ1) is 10.1. The fourth-order valence-corrected chi connectivity index (χ4v) is 1.96. The van der Waals surface area contributed by atoms with Crippen LogP contribution >= 0.6 is 11.6 Å². The van der Waals surface area contributed by atoms with Crippen LogP contribution in [0.15, 0.2) is 42.5 Å². The van der Waals surface area contributed by atoms with Gasteiger partial charge in [0.05, 0.1) is 22.8 Å². The molecule has 3 nitrogen and oxygen atoms in total. The number of amides is 1. The molecule has 2 aromatic rings. The first-order valence-electron chi connectivity index (χ1n) is 6.16. The van der Waals surface area contributed by atoms with Crippen LogP contribution in [-0.2, 0) is 0 Å². The van der Waals surface area contributed by atoms with Crippen LogP contribution in [0.3, 0.4) is 0 Å². The summed E-state index contributed by atoms with van der Waals surface area (Å²) in [5, 5.41) is 2.76. The van der Waals surface area contributed by atoms with Gasteiger partial charge in [-0.3, -0.25) is 4.79 Å². The molecule has 106 valence electrons. The fraction of sp³-hybridized carbons (Fsp3) is 0.0625. The smallest absolute Gasteiger partial charge is 0.257 e. The van der Waals surface area contributed by atoms with Crippen molar-refractivity contribution in [1.82, 2.24) is 0 Å². The molecule has 21 heavy (non-hydrogen) atoms. The molecular weight excluding hydrogens is 291 g/mol. The van der Waals surface area contributed by atoms with Crippen molar-refractivity contribution in [3.63, 3.8) is 0 Å². The summed E-state index contributed by atoms with van der Waals surface area (Å²) < 4.78 is 13.0. The monoisotopic (exact) mass is 302 g/mol. The Bertz CT molecular complexity index is 735. The zero-order valence-electron chi connectivity index (χ0n) is 11.0. The van der Waals surface area contributed by atoms with Gasteiger partial charge in [-0.1, -0.05) is 35.6 Å². The minimum Gasteiger partial charge on any atom is -0.321 e. The molecule has 0 spiro atoms. The summed E-state index contributed by atoms with van der Waals surface area (Å²) in [4.78, 5) is 12.2. The average Bonchev–Trinajstić information content (AvgIpc) is 2.46. The van der Waals surface area contributed by atoms with Crippen molar-refractivity contribution in [2.24, 2.45) is 5.73 Å². The van der Waals surface area contributed by atoms with Crippen LogP contribution in [0, 0.1) is 17.7 Å². The molecule has 2 rings (SSSR count). The van der Waals surface area contributed by atoms with E-state index in [0.29, 0.717) is 11.3 Å². The zero-order chi connectivity index (χ0) is 15.2. The molecule has 0 bridgehead atoms. The number of nitrogens with two attached hydrogens (primary N) is 1. The summed E-state index contributed by atoms with van der Waals surface area (Å²) in [6, 6.07) is 10.7. The Kier molecular flexibility index (Phi) is 4.94. The van der Waals surface area contributed by atoms with E-state index in [-0.39, 0.29) is 17.1 Å². The van der Waals surface area contributed by atoms with E-state index in [2.05, 4.69) is 17.2 Å². The van der Waals surface area contributed by atoms with Crippen molar-refractivity contribution in [3.05, 3.63) is 64.4 Å². The predicted molar refractivity (Wildman–Crippen MR) is 81.7 cm³/mol. The van der Waals surface area contributed by atoms with Gasteiger partial charge in [-0.2, -0.15) is 0 Å². The van der Waals surface area contributed by atoms with E-state index in [0.717, 1.165) is 6.07 Å². The Hall–Kier alpha value is -2.35. The highest BCUT2D eigenvalue weighted by Gasteiger charge is 2.12. The van der Waals surface area contributed by atoms with Crippen LogP contribution in [0.5, 0.6) is 0 Å². The van der Waals surface area contributed by atoms with Crippen LogP contribution in [0.2, 0.25) is 5.02 Å². The molecule has 0 fully saturated rings. The first kappa shape index (κ1) is 15.0. The number of carbonyl (C=O) groups excluding carboxylic acids is 1. The summed E-state index contributed by atoms with van der Waals surface area (Å²) >= 11 is 5.87. The Labute approximate surface area is 126 Å². The topological polar surface area (TPSA) is 55.1 Å². The zero-order valence-corrected chi connectivity index (χ0v) is 11.7. The van der Waals surface area contributed by atoms with Gasteiger partial charge in [0.1, 0.15) is 5.82 Å². The van der Waals surface area contributed by atoms with Crippen molar-refractivity contribution in [2.45, 2.75) is 0 Å². The maximum Gasteiger partial charge on any atom is 0.257 e. The van der Waals surface area contributed by atoms with Crippen molar-refractivity contribution in [3.8, 4) is 11.8 Å². The van der Waals surface area contributed by atoms with Crippen LogP contribution in [0.4, 0.5) is 10.1 Å². The van der Waals surface area contributed by atoms with Gasteiger partial charge in [0.25, 0.3) is 5.91 Å². The van der Waals surface area contributed by atoms with Gasteiger partial charge in [0, 0.05) is 5.56 Å². The number of anilines is 1. The molecule has 5 heteroatoms. The largest absolute Gasteiger partial charge is 0.321 e. The molecule has 1 amide bonds. The molecule has 0 atom stereocenters. The Balaban J connectivity index is 2.27. The molecule has 0 aliphatic carbocycles. The van der Waals surface area contributed by atoms with Gasteiger partial charge >= 0.3 is 0 Å². The molecule has 0 aliphatic rings. The fourth-order valence-electron chi connectivity index (χ4n) is 1.71. The van der Waals surface area contributed by atoms with Crippen molar-refractivity contribution < 1.29 is 9.18 Å². The van der Waals surface area contributed by atoms with Gasteiger partial charge in [-0.15, -0.1) is 0 Å². The quantitative estimate of drug-likeness (QED) is 0.838. The number of hydrogen-bond donors (Lipinski definition) is 2. The standard InChI is InChI=1S/C16H12ClFN2O/c17-14-10-12(18)7-8-13(14)16(21)20-15-6-2-1-4-11(15)5-3-9-19/h1-2,4,6-8,10H,9,19H2,(H,20,21). The molecule has 3 N–H and O–H groups in total. The number of hydrogen-bond acceptors (Lipinski definition) is 2. The number of halogens is 2. The second-order valence-corrected chi connectivity index (χ2v) is 4.54. The van der Waals surface area contributed by atoms with E-state index >= 15 is 0 Å². The van der Waals surface area contributed by atoms with E-state index in [1.807, 2.05) is 0 Å². The number of carbonyl (C=O) groups is 1. The van der Waals surface area contributed by atoms with Gasteiger partial charge in [-0.05, 0) is 30.3 Å². The maximum absolute atomic E-state index is 13.0. The summed E-state index contributed by atoms with van der Waals surface area (Å²) in [7, 11) is 0. The lowest BCUT2D eigenvalue weighted by Crippen LogP contribution is -2.13. The SMILES string of the molecule is NCC#Cc1ccccc1NC(=O)c1ccc(F)cc1Cl. The average molecular weight is 303 g/mol. The lowest BCUT2D eigenvalue weighted by atomic mass is 10.1. The second kappa shape index (κ2) is 6.89. The van der Waals surface area contributed by atoms with Crippen molar-refractivity contribution >= 4 is 23.2 Å². The number of nitrogens with one attached hydrogen (secondary N) is 1. The minimum absolute atomic E-state index is 0.0537. The Morgan fingerprint density at radius 2 is 2.05 bits per heavy atom. The molecule has 0 unspecified atom stereocenters. The lowest BCUT2D eigenvalue weighted by molar-refractivity contribution is 0.102. The highest BCUT2D eigenvalue weighted by atomic mass is 35.5. The van der Waals surface area contributed by atoms with Gasteiger partial charge < -0.3 is 11.1 Å². The van der Waals surface area contributed by atoms with Crippen LogP contribution in [0.25, 0.3) is 0 Å². The lowest BCUT2D eigenvalue weighted by Gasteiger charge is -2.08. The molecule has 2 aromatic carbocycles. The number of para-hydroxylation sites is 1. The molecule has 0 saturated carbocycles. The molecule has 0 aromatic heterocycles. The maximum atomic E-state index is 13.0. The summed E-state index contributed by atoms with van der Waals surface area (Å²) in [5.74, 6) is 4.68. The highest BCUT2D eigenvalue weighted by Crippen LogP contribution is 2.20. The molecule has 0 heterocycles. The van der Waals surface area contributed by atoms with E-state index in [9.17, 15) is 9.18 Å². The molecule has 0 aliphatic heterocycles. The number of benzene rings is 2. The van der Waals surface area contributed by atoms with Crippen LogP contribution in [0.1, 0.15) is 15.9 Å². The summed E-state index contributed by atoms with van der Waals surface area (Å²) in [6.07, 6.45) is 0. The van der Waals surface area contributed by atoms with Crippen LogP contribution < -0.4 is 11.1 Å². The van der Waals surface area contributed by atoms with Crippen molar-refractivity contribution in [2.75, 3.05) is 11.9 Å². The highest BCUT2D eigenvalue weighted by molar-refractivity contribution is 6.34. The third kappa shape index (κ3) is 3.82. The van der Waals surface area contributed by atoms with Gasteiger partial charge in [-0.25, -0.2) is 4.39 Å². The van der Waals surface area contributed by atoms with Gasteiger partial charge in [0.15, 0.2) is 0 Å². The first-order valence-corrected chi connectivity index (χ1v) is 6.54.